The number of rotatable bonds is 8. The Balaban J connectivity index is 1.50. The maximum Gasteiger partial charge on any atom is 0.321 e. The highest BCUT2D eigenvalue weighted by molar-refractivity contribution is 7.92. The minimum Gasteiger partial charge on any atom is -0.480 e. The van der Waals surface area contributed by atoms with Crippen LogP contribution in [-0.4, -0.2) is 39.7 Å². The zero-order valence-corrected chi connectivity index (χ0v) is 20.2. The van der Waals surface area contributed by atoms with E-state index in [0.717, 1.165) is 21.4 Å². The summed E-state index contributed by atoms with van der Waals surface area (Å²) < 4.78 is 27.0. The van der Waals surface area contributed by atoms with Gasteiger partial charge >= 0.3 is 5.97 Å². The Morgan fingerprint density at radius 2 is 1.66 bits per heavy atom. The zero-order valence-electron chi connectivity index (χ0n) is 19.4. The maximum absolute atomic E-state index is 13.0. The quantitative estimate of drug-likeness (QED) is 0.400. The van der Waals surface area contributed by atoms with Crippen molar-refractivity contribution < 1.29 is 18.3 Å². The normalized spacial score (nSPS) is 12.5. The second-order valence-corrected chi connectivity index (χ2v) is 10.7. The number of fused-ring (bicyclic) bond motifs is 1. The van der Waals surface area contributed by atoms with Gasteiger partial charge in [-0.25, -0.2) is 13.1 Å². The molecule has 1 N–H and O–H groups in total. The van der Waals surface area contributed by atoms with E-state index in [0.29, 0.717) is 16.5 Å². The largest absolute Gasteiger partial charge is 0.480 e. The molecule has 0 saturated heterocycles. The van der Waals surface area contributed by atoms with Gasteiger partial charge in [-0.3, -0.25) is 9.59 Å². The van der Waals surface area contributed by atoms with Crippen molar-refractivity contribution in [3.05, 3.63) is 93.8 Å². The summed E-state index contributed by atoms with van der Waals surface area (Å²) >= 11 is 0. The average molecular weight is 492 g/mol. The van der Waals surface area contributed by atoms with Gasteiger partial charge in [0.2, 0.25) is 0 Å². The molecular weight excluding hydrogens is 466 g/mol. The number of carboxylic acids is 1. The highest BCUT2D eigenvalue weighted by atomic mass is 32.2. The highest BCUT2D eigenvalue weighted by Crippen LogP contribution is 2.24. The third-order valence-electron chi connectivity index (χ3n) is 6.10. The van der Waals surface area contributed by atoms with Crippen molar-refractivity contribution >= 4 is 26.7 Å². The fourth-order valence-electron chi connectivity index (χ4n) is 3.91. The van der Waals surface area contributed by atoms with Crippen LogP contribution in [0.2, 0.25) is 0 Å². The fraction of sp³-hybridized carbons (Fsp3) is 0.231. The number of nitrogens with zero attached hydrogens (tertiary/aromatic N) is 3. The third kappa shape index (κ3) is 5.30. The molecule has 0 aliphatic heterocycles. The summed E-state index contributed by atoms with van der Waals surface area (Å²) in [7, 11) is -4.05. The Kier molecular flexibility index (Phi) is 6.79. The van der Waals surface area contributed by atoms with Gasteiger partial charge < -0.3 is 5.11 Å². The van der Waals surface area contributed by atoms with Crippen LogP contribution in [0, 0.1) is 13.8 Å². The van der Waals surface area contributed by atoms with Crippen LogP contribution in [-0.2, 0) is 26.9 Å². The maximum atomic E-state index is 13.0. The molecule has 0 bridgehead atoms. The molecule has 1 heterocycles. The Morgan fingerprint density at radius 3 is 2.34 bits per heavy atom. The van der Waals surface area contributed by atoms with Crippen LogP contribution in [0.5, 0.6) is 0 Å². The van der Waals surface area contributed by atoms with Gasteiger partial charge in [0.25, 0.3) is 5.56 Å². The van der Waals surface area contributed by atoms with Gasteiger partial charge in [0.15, 0.2) is 15.1 Å². The molecule has 0 aliphatic carbocycles. The molecule has 1 atom stereocenters. The van der Waals surface area contributed by atoms with Gasteiger partial charge in [0, 0.05) is 6.54 Å². The van der Waals surface area contributed by atoms with Gasteiger partial charge in [-0.1, -0.05) is 59.8 Å². The summed E-state index contributed by atoms with van der Waals surface area (Å²) in [5.74, 6) is -1.88. The van der Waals surface area contributed by atoms with Crippen molar-refractivity contribution in [1.82, 2.24) is 15.0 Å². The minimum atomic E-state index is -4.05. The molecule has 0 aliphatic rings. The van der Waals surface area contributed by atoms with Crippen LogP contribution in [0.4, 0.5) is 0 Å². The molecule has 1 aromatic heterocycles. The molecule has 4 rings (SSSR count). The number of benzene rings is 3. The Labute approximate surface area is 202 Å². The second kappa shape index (κ2) is 9.79. The van der Waals surface area contributed by atoms with Crippen LogP contribution in [0.3, 0.4) is 0 Å². The van der Waals surface area contributed by atoms with E-state index in [1.54, 1.807) is 36.4 Å². The molecule has 3 aromatic carbocycles. The van der Waals surface area contributed by atoms with Crippen LogP contribution >= 0.6 is 0 Å². The summed E-state index contributed by atoms with van der Waals surface area (Å²) in [6.45, 7) is 3.89. The van der Waals surface area contributed by atoms with Gasteiger partial charge in [-0.15, -0.1) is 5.10 Å². The van der Waals surface area contributed by atoms with E-state index in [2.05, 4.69) is 16.4 Å². The number of hydrogen-bond donors (Lipinski definition) is 1. The van der Waals surface area contributed by atoms with Gasteiger partial charge in [0.1, 0.15) is 5.52 Å². The number of aryl methyl sites for hydroxylation is 3. The zero-order chi connectivity index (χ0) is 25.2. The van der Waals surface area contributed by atoms with Crippen LogP contribution in [0.25, 0.3) is 22.0 Å². The number of sulfone groups is 1. The molecule has 1 unspecified atom stereocenters. The number of carbonyl (C=O) groups is 1. The smallest absolute Gasteiger partial charge is 0.321 e. The first-order valence-electron chi connectivity index (χ1n) is 11.1. The fourth-order valence-corrected chi connectivity index (χ4v) is 5.54. The molecule has 0 amide bonds. The first-order chi connectivity index (χ1) is 16.7. The van der Waals surface area contributed by atoms with E-state index in [1.807, 2.05) is 38.1 Å². The van der Waals surface area contributed by atoms with E-state index < -0.39 is 32.4 Å². The van der Waals surface area contributed by atoms with E-state index in [1.165, 1.54) is 5.56 Å². The van der Waals surface area contributed by atoms with E-state index >= 15 is 0 Å². The first kappa shape index (κ1) is 24.3. The molecule has 0 fully saturated rings. The predicted octanol–water partition coefficient (Wildman–Crippen LogP) is 3.53. The monoisotopic (exact) mass is 491 g/mol. The van der Waals surface area contributed by atoms with E-state index in [9.17, 15) is 23.1 Å². The van der Waals surface area contributed by atoms with Crippen LogP contribution in [0.1, 0.15) is 23.1 Å². The number of hydrogen-bond acceptors (Lipinski definition) is 6. The summed E-state index contributed by atoms with van der Waals surface area (Å²) in [5, 5.41) is 16.1. The summed E-state index contributed by atoms with van der Waals surface area (Å²) in [4.78, 5) is 24.5. The molecule has 35 heavy (non-hydrogen) atoms. The second-order valence-electron chi connectivity index (χ2n) is 8.55. The van der Waals surface area contributed by atoms with Crippen molar-refractivity contribution in [3.8, 4) is 11.1 Å². The van der Waals surface area contributed by atoms with Gasteiger partial charge in [0.05, 0.1) is 11.1 Å². The lowest BCUT2D eigenvalue weighted by atomic mass is 10.00. The molecule has 9 heteroatoms. The Hall–Kier alpha value is -3.85. The lowest BCUT2D eigenvalue weighted by molar-refractivity contribution is -0.136. The third-order valence-corrected chi connectivity index (χ3v) is 8.14. The van der Waals surface area contributed by atoms with Crippen LogP contribution < -0.4 is 5.56 Å². The molecule has 8 nitrogen and oxygen atoms in total. The summed E-state index contributed by atoms with van der Waals surface area (Å²) in [5.41, 5.74) is 4.78. The number of carboxylic acid groups (broad SMARTS) is 1. The highest BCUT2D eigenvalue weighted by Gasteiger charge is 2.32. The molecule has 0 saturated carbocycles. The van der Waals surface area contributed by atoms with Crippen LogP contribution in [0.15, 0.2) is 71.5 Å². The van der Waals surface area contributed by atoms with Crippen molar-refractivity contribution in [3.63, 3.8) is 0 Å². The lowest BCUT2D eigenvalue weighted by Gasteiger charge is -2.14. The van der Waals surface area contributed by atoms with Gasteiger partial charge in [-0.05, 0) is 60.2 Å². The Morgan fingerprint density at radius 1 is 0.971 bits per heavy atom. The first-order valence-corrected chi connectivity index (χ1v) is 12.8. The predicted molar refractivity (Wildman–Crippen MR) is 134 cm³/mol. The molecule has 4 aromatic rings. The molecular formula is C26H25N3O5S. The SMILES string of the molecule is Cc1ccc(-c2ccc(CS(=O)(=O)C(CCn3nnc4ccccc4c3=O)C(=O)O)cc2)cc1C. The molecule has 0 radical (unpaired) electrons. The van der Waals surface area contributed by atoms with Crippen molar-refractivity contribution in [1.29, 1.82) is 0 Å². The number of aliphatic carboxylic acids is 1. The van der Waals surface area contributed by atoms with E-state index in [4.69, 9.17) is 0 Å². The van der Waals surface area contributed by atoms with Crippen molar-refractivity contribution in [2.75, 3.05) is 0 Å². The van der Waals surface area contributed by atoms with E-state index in [-0.39, 0.29) is 13.0 Å². The Bertz CT molecular complexity index is 1560. The summed E-state index contributed by atoms with van der Waals surface area (Å²) in [6.07, 6.45) is -0.300. The van der Waals surface area contributed by atoms with Crippen molar-refractivity contribution in [2.45, 2.75) is 37.8 Å². The lowest BCUT2D eigenvalue weighted by Crippen LogP contribution is -2.34. The minimum absolute atomic E-state index is 0.182. The number of aromatic nitrogens is 3. The molecule has 180 valence electrons. The summed E-state index contributed by atoms with van der Waals surface area (Å²) in [6, 6.07) is 19.8. The van der Waals surface area contributed by atoms with Crippen molar-refractivity contribution in [2.24, 2.45) is 0 Å². The van der Waals surface area contributed by atoms with Gasteiger partial charge in [-0.2, -0.15) is 0 Å². The average Bonchev–Trinajstić information content (AvgIpc) is 2.82. The molecule has 0 spiro atoms. The standard InChI is InChI=1S/C26H25N3O5S/c1-17-7-10-21(15-18(17)2)20-11-8-19(9-12-20)16-35(33,34)24(26(31)32)13-14-29-25(30)22-5-3-4-6-23(22)27-28-29/h3-12,15,24H,13-14,16H2,1-2H3,(H,31,32). The topological polar surface area (TPSA) is 119 Å².